The number of hydrogen-bond acceptors (Lipinski definition) is 5. The highest BCUT2D eigenvalue weighted by molar-refractivity contribution is 5.81. The van der Waals surface area contributed by atoms with Gasteiger partial charge in [0.05, 0.1) is 31.5 Å². The van der Waals surface area contributed by atoms with E-state index in [0.717, 1.165) is 30.9 Å². The molecule has 4 rings (SSSR count). The molecule has 0 aromatic carbocycles. The second kappa shape index (κ2) is 7.84. The highest BCUT2D eigenvalue weighted by atomic mass is 16.6. The topological polar surface area (TPSA) is 104 Å². The third-order valence-electron chi connectivity index (χ3n) is 6.29. The maximum Gasteiger partial charge on any atom is 0.223 e. The fraction of sp³-hybridized carbons (Fsp3) is 0.842. The first kappa shape index (κ1) is 18.2. The molecule has 0 bridgehead atoms. The van der Waals surface area contributed by atoms with Gasteiger partial charge in [0.15, 0.2) is 0 Å². The van der Waals surface area contributed by atoms with E-state index in [0.29, 0.717) is 13.2 Å². The van der Waals surface area contributed by atoms with Crippen molar-refractivity contribution in [2.75, 3.05) is 13.2 Å². The van der Waals surface area contributed by atoms with E-state index in [2.05, 4.69) is 11.1 Å². The van der Waals surface area contributed by atoms with Crippen LogP contribution in [0.5, 0.6) is 0 Å². The molecule has 146 valence electrons. The van der Waals surface area contributed by atoms with E-state index in [1.807, 2.05) is 6.20 Å². The Bertz CT molecular complexity index is 545. The second-order valence-corrected chi connectivity index (χ2v) is 8.50. The van der Waals surface area contributed by atoms with Gasteiger partial charge in [-0.25, -0.2) is 5.84 Å². The predicted octanol–water partition coefficient (Wildman–Crippen LogP) is 0.277. The molecule has 4 unspecified atom stereocenters. The van der Waals surface area contributed by atoms with E-state index in [1.54, 1.807) is 5.01 Å². The van der Waals surface area contributed by atoms with Crippen molar-refractivity contribution in [1.29, 1.82) is 0 Å². The Morgan fingerprint density at radius 3 is 2.58 bits per heavy atom. The van der Waals surface area contributed by atoms with Crippen molar-refractivity contribution in [2.24, 2.45) is 17.7 Å². The van der Waals surface area contributed by atoms with E-state index in [1.165, 1.54) is 32.1 Å². The van der Waals surface area contributed by atoms with Gasteiger partial charge in [-0.2, -0.15) is 0 Å². The summed E-state index contributed by atoms with van der Waals surface area (Å²) in [7, 11) is 0. The van der Waals surface area contributed by atoms with Crippen LogP contribution in [0.25, 0.3) is 0 Å². The zero-order chi connectivity index (χ0) is 18.1. The molecule has 1 amide bonds. The lowest BCUT2D eigenvalue weighted by Crippen LogP contribution is -2.52. The summed E-state index contributed by atoms with van der Waals surface area (Å²) in [6.07, 6.45) is 11.5. The summed E-state index contributed by atoms with van der Waals surface area (Å²) in [5.41, 5.74) is 5.29. The summed E-state index contributed by atoms with van der Waals surface area (Å²) < 4.78 is 11.9. The normalized spacial score (nSPS) is 35.4. The number of nitrogens with one attached hydrogen (secondary N) is 1. The molecule has 2 aliphatic carbocycles. The number of nitrogens with zero attached hydrogens (tertiary/aromatic N) is 1. The Labute approximate surface area is 155 Å². The third kappa shape index (κ3) is 4.06. The Hall–Kier alpha value is -1.15. The van der Waals surface area contributed by atoms with Gasteiger partial charge in [0, 0.05) is 12.3 Å². The molecule has 0 radical (unpaired) electrons. The minimum absolute atomic E-state index is 0.0223. The second-order valence-electron chi connectivity index (χ2n) is 8.50. The van der Waals surface area contributed by atoms with Crippen LogP contribution in [0, 0.1) is 11.8 Å². The fourth-order valence-corrected chi connectivity index (χ4v) is 4.63. The number of carbonyl (C=O) groups is 1. The van der Waals surface area contributed by atoms with Crippen LogP contribution < -0.4 is 16.9 Å². The van der Waals surface area contributed by atoms with Crippen molar-refractivity contribution in [3.63, 3.8) is 0 Å². The molecule has 4 aliphatic rings. The first-order valence-corrected chi connectivity index (χ1v) is 10.2. The van der Waals surface area contributed by atoms with Crippen LogP contribution in [-0.2, 0) is 14.3 Å². The lowest BCUT2D eigenvalue weighted by molar-refractivity contribution is -0.310. The van der Waals surface area contributed by atoms with Crippen molar-refractivity contribution in [1.82, 2.24) is 10.3 Å². The molecule has 0 aromatic heterocycles. The van der Waals surface area contributed by atoms with Gasteiger partial charge in [-0.1, -0.05) is 19.3 Å². The van der Waals surface area contributed by atoms with Crippen molar-refractivity contribution in [3.05, 3.63) is 11.9 Å². The smallest absolute Gasteiger partial charge is 0.223 e. The van der Waals surface area contributed by atoms with Crippen molar-refractivity contribution in [3.8, 4) is 0 Å². The number of hydrazine groups is 1. The van der Waals surface area contributed by atoms with E-state index in [9.17, 15) is 4.79 Å². The van der Waals surface area contributed by atoms with Crippen LogP contribution in [0.1, 0.15) is 51.4 Å². The zero-order valence-corrected chi connectivity index (χ0v) is 15.6. The average Bonchev–Trinajstić information content (AvgIpc) is 3.28. The summed E-state index contributed by atoms with van der Waals surface area (Å²) in [5, 5.41) is 4.81. The first-order valence-electron chi connectivity index (χ1n) is 10.2. The third-order valence-corrected chi connectivity index (χ3v) is 6.29. The SMILES string of the molecule is NN(C=C([NH3+])CC1CCCCC1)C1COC2C(NC(=O)C3CC3)COC21. The van der Waals surface area contributed by atoms with Crippen LogP contribution in [0.2, 0.25) is 0 Å². The minimum atomic E-state index is -0.103. The number of nitrogens with two attached hydrogens (primary N) is 1. The maximum absolute atomic E-state index is 12.0. The molecular formula is C19H33N4O3+. The van der Waals surface area contributed by atoms with Gasteiger partial charge in [0.2, 0.25) is 5.91 Å². The van der Waals surface area contributed by atoms with Gasteiger partial charge in [-0.3, -0.25) is 4.79 Å². The molecule has 2 heterocycles. The lowest BCUT2D eigenvalue weighted by atomic mass is 9.86. The van der Waals surface area contributed by atoms with E-state index >= 15 is 0 Å². The highest BCUT2D eigenvalue weighted by Gasteiger charge is 2.50. The number of amides is 1. The number of hydrogen-bond donors (Lipinski definition) is 3. The predicted molar refractivity (Wildman–Crippen MR) is 96.1 cm³/mol. The number of fused-ring (bicyclic) bond motifs is 1. The number of carbonyl (C=O) groups excluding carboxylic acids is 1. The molecule has 0 aromatic rings. The summed E-state index contributed by atoms with van der Waals surface area (Å²) in [6.45, 7) is 1.02. The van der Waals surface area contributed by atoms with Crippen LogP contribution >= 0.6 is 0 Å². The number of rotatable bonds is 6. The van der Waals surface area contributed by atoms with Crippen LogP contribution in [0.3, 0.4) is 0 Å². The minimum Gasteiger partial charge on any atom is -0.371 e. The Morgan fingerprint density at radius 1 is 1.12 bits per heavy atom. The summed E-state index contributed by atoms with van der Waals surface area (Å²) >= 11 is 0. The van der Waals surface area contributed by atoms with Crippen LogP contribution in [-0.4, -0.2) is 48.4 Å². The molecule has 6 N–H and O–H groups in total. The van der Waals surface area contributed by atoms with Gasteiger partial charge < -0.3 is 25.5 Å². The molecular weight excluding hydrogens is 332 g/mol. The summed E-state index contributed by atoms with van der Waals surface area (Å²) in [6, 6.07) is -0.0807. The molecule has 4 atom stereocenters. The van der Waals surface area contributed by atoms with Crippen LogP contribution in [0.4, 0.5) is 0 Å². The molecule has 7 heteroatoms. The average molecular weight is 365 g/mol. The molecule has 2 aliphatic heterocycles. The molecule has 2 saturated heterocycles. The summed E-state index contributed by atoms with van der Waals surface area (Å²) in [4.78, 5) is 12.0. The van der Waals surface area contributed by atoms with Crippen LogP contribution in [0.15, 0.2) is 11.9 Å². The summed E-state index contributed by atoms with van der Waals surface area (Å²) in [5.74, 6) is 7.41. The van der Waals surface area contributed by atoms with Crippen molar-refractivity contribution in [2.45, 2.75) is 75.7 Å². The Kier molecular flexibility index (Phi) is 5.50. The number of allylic oxidation sites excluding steroid dienone is 1. The molecule has 4 fully saturated rings. The molecule has 7 nitrogen and oxygen atoms in total. The standard InChI is InChI=1S/C19H32N4O3/c20-14(8-12-4-2-1-3-5-12)9-23(21)16-11-26-17-15(10-25-18(16)17)22-19(24)13-6-7-13/h9,12-13,15-18H,1-8,10-11,20-21H2,(H,22,24)/p+1. The molecule has 2 saturated carbocycles. The quantitative estimate of drug-likeness (QED) is 0.463. The van der Waals surface area contributed by atoms with Gasteiger partial charge >= 0.3 is 0 Å². The lowest BCUT2D eigenvalue weighted by Gasteiger charge is -2.26. The van der Waals surface area contributed by atoms with Gasteiger partial charge in [-0.15, -0.1) is 0 Å². The highest BCUT2D eigenvalue weighted by Crippen LogP contribution is 2.33. The monoisotopic (exact) mass is 365 g/mol. The first-order chi connectivity index (χ1) is 12.6. The largest absolute Gasteiger partial charge is 0.371 e. The number of quaternary nitrogens is 1. The van der Waals surface area contributed by atoms with E-state index in [-0.39, 0.29) is 36.1 Å². The van der Waals surface area contributed by atoms with E-state index < -0.39 is 0 Å². The Morgan fingerprint density at radius 2 is 1.85 bits per heavy atom. The van der Waals surface area contributed by atoms with Crippen molar-refractivity contribution < 1.29 is 20.0 Å². The number of ether oxygens (including phenoxy) is 2. The van der Waals surface area contributed by atoms with Crippen molar-refractivity contribution >= 4 is 5.91 Å². The maximum atomic E-state index is 12.0. The van der Waals surface area contributed by atoms with Gasteiger partial charge in [0.25, 0.3) is 0 Å². The van der Waals surface area contributed by atoms with Gasteiger partial charge in [-0.05, 0) is 31.6 Å². The van der Waals surface area contributed by atoms with Gasteiger partial charge in [0.1, 0.15) is 17.9 Å². The van der Waals surface area contributed by atoms with E-state index in [4.69, 9.17) is 15.3 Å². The Balaban J connectivity index is 1.30. The zero-order valence-electron chi connectivity index (χ0n) is 15.6. The molecule has 26 heavy (non-hydrogen) atoms. The fourth-order valence-electron chi connectivity index (χ4n) is 4.63. The molecule has 0 spiro atoms.